The summed E-state index contributed by atoms with van der Waals surface area (Å²) in [6.07, 6.45) is 0. The van der Waals surface area contributed by atoms with Crippen LogP contribution in [0.5, 0.6) is 5.75 Å². The quantitative estimate of drug-likeness (QED) is 0.824. The Morgan fingerprint density at radius 2 is 1.76 bits per heavy atom. The van der Waals surface area contributed by atoms with E-state index in [1.165, 1.54) is 44.5 Å². The van der Waals surface area contributed by atoms with Gasteiger partial charge in [0, 0.05) is 11.5 Å². The third-order valence-corrected chi connectivity index (χ3v) is 5.25. The van der Waals surface area contributed by atoms with E-state index in [0.29, 0.717) is 10.2 Å². The normalized spacial score (nSPS) is 11.2. The fourth-order valence-electron chi connectivity index (χ4n) is 1.79. The van der Waals surface area contributed by atoms with E-state index >= 15 is 0 Å². The molecule has 2 rings (SSSR count). The van der Waals surface area contributed by atoms with Crippen molar-refractivity contribution >= 4 is 31.6 Å². The molecule has 0 bridgehead atoms. The zero-order valence-corrected chi connectivity index (χ0v) is 13.8. The summed E-state index contributed by atoms with van der Waals surface area (Å²) in [4.78, 5) is 0.0335. The van der Waals surface area contributed by atoms with Gasteiger partial charge in [0.15, 0.2) is 0 Å². The van der Waals surface area contributed by atoms with Gasteiger partial charge >= 0.3 is 0 Å². The van der Waals surface area contributed by atoms with Gasteiger partial charge in [0.25, 0.3) is 10.0 Å². The molecule has 0 atom stereocenters. The summed E-state index contributed by atoms with van der Waals surface area (Å²) in [6.45, 7) is 0. The van der Waals surface area contributed by atoms with Crippen LogP contribution in [-0.4, -0.2) is 22.6 Å². The minimum Gasteiger partial charge on any atom is -0.495 e. The molecule has 0 fully saturated rings. The minimum absolute atomic E-state index is 0.0335. The lowest BCUT2D eigenvalue weighted by Crippen LogP contribution is -2.27. The molecule has 112 valence electrons. The molecule has 0 unspecified atom stereocenters. The molecule has 2 aromatic rings. The molecule has 0 amide bonds. The van der Waals surface area contributed by atoms with Crippen LogP contribution in [0.3, 0.4) is 0 Å². The van der Waals surface area contributed by atoms with Crippen LogP contribution in [0.4, 0.5) is 10.1 Å². The standard InChI is InChI=1S/C14H13BrFNO3S/c1-17(12-6-4-11(16)5-7-12)21(18,19)14-9-10(15)3-8-13(14)20-2/h3-9H,1-2H3. The average Bonchev–Trinajstić information content (AvgIpc) is 2.47. The van der Waals surface area contributed by atoms with Gasteiger partial charge in [0.2, 0.25) is 0 Å². The fourth-order valence-corrected chi connectivity index (χ4v) is 3.68. The van der Waals surface area contributed by atoms with Gasteiger partial charge in [0.05, 0.1) is 12.8 Å². The molecule has 7 heteroatoms. The molecule has 21 heavy (non-hydrogen) atoms. The number of benzene rings is 2. The number of methoxy groups -OCH3 is 1. The predicted molar refractivity (Wildman–Crippen MR) is 82.7 cm³/mol. The second-order valence-electron chi connectivity index (χ2n) is 4.24. The van der Waals surface area contributed by atoms with E-state index in [9.17, 15) is 12.8 Å². The molecule has 0 radical (unpaired) electrons. The average molecular weight is 374 g/mol. The first-order valence-electron chi connectivity index (χ1n) is 5.94. The summed E-state index contributed by atoms with van der Waals surface area (Å²) in [5, 5.41) is 0. The Morgan fingerprint density at radius 1 is 1.14 bits per heavy atom. The summed E-state index contributed by atoms with van der Waals surface area (Å²) in [5.41, 5.74) is 0.360. The number of nitrogens with zero attached hydrogens (tertiary/aromatic N) is 1. The van der Waals surface area contributed by atoms with Gasteiger partial charge in [-0.05, 0) is 42.5 Å². The minimum atomic E-state index is -3.81. The molecule has 0 aliphatic carbocycles. The Kier molecular flexibility index (Phi) is 4.53. The Balaban J connectivity index is 2.51. The third kappa shape index (κ3) is 3.19. The summed E-state index contributed by atoms with van der Waals surface area (Å²) in [6, 6.07) is 9.94. The van der Waals surface area contributed by atoms with Gasteiger partial charge in [-0.2, -0.15) is 0 Å². The molecular formula is C14H13BrFNO3S. The van der Waals surface area contributed by atoms with Gasteiger partial charge < -0.3 is 4.74 Å². The molecule has 0 N–H and O–H groups in total. The SMILES string of the molecule is COc1ccc(Br)cc1S(=O)(=O)N(C)c1ccc(F)cc1. The second kappa shape index (κ2) is 6.03. The first-order chi connectivity index (χ1) is 9.86. The first kappa shape index (κ1) is 15.8. The second-order valence-corrected chi connectivity index (χ2v) is 7.10. The largest absolute Gasteiger partial charge is 0.495 e. The van der Waals surface area contributed by atoms with Crippen LogP contribution in [0.1, 0.15) is 0 Å². The molecule has 4 nitrogen and oxygen atoms in total. The summed E-state index contributed by atoms with van der Waals surface area (Å²) in [7, 11) is -1.01. The first-order valence-corrected chi connectivity index (χ1v) is 8.17. The van der Waals surface area contributed by atoms with Crippen molar-refractivity contribution in [3.8, 4) is 5.75 Å². The van der Waals surface area contributed by atoms with E-state index in [1.54, 1.807) is 12.1 Å². The molecule has 0 saturated carbocycles. The zero-order valence-electron chi connectivity index (χ0n) is 11.4. The lowest BCUT2D eigenvalue weighted by atomic mass is 10.3. The van der Waals surface area contributed by atoms with E-state index in [-0.39, 0.29) is 10.6 Å². The zero-order chi connectivity index (χ0) is 15.6. The van der Waals surface area contributed by atoms with Gasteiger partial charge in [-0.3, -0.25) is 4.31 Å². The predicted octanol–water partition coefficient (Wildman–Crippen LogP) is 3.42. The Morgan fingerprint density at radius 3 is 2.33 bits per heavy atom. The van der Waals surface area contributed by atoms with Gasteiger partial charge in [-0.1, -0.05) is 15.9 Å². The lowest BCUT2D eigenvalue weighted by Gasteiger charge is -2.21. The number of sulfonamides is 1. The number of ether oxygens (including phenoxy) is 1. The van der Waals surface area contributed by atoms with Crippen molar-refractivity contribution in [3.05, 3.63) is 52.8 Å². The molecular weight excluding hydrogens is 361 g/mol. The Bertz CT molecular complexity index is 747. The lowest BCUT2D eigenvalue weighted by molar-refractivity contribution is 0.402. The van der Waals surface area contributed by atoms with Crippen LogP contribution in [-0.2, 0) is 10.0 Å². The van der Waals surface area contributed by atoms with Crippen molar-refractivity contribution in [1.29, 1.82) is 0 Å². The van der Waals surface area contributed by atoms with Crippen LogP contribution >= 0.6 is 15.9 Å². The van der Waals surface area contributed by atoms with Crippen molar-refractivity contribution in [2.45, 2.75) is 4.90 Å². The summed E-state index contributed by atoms with van der Waals surface area (Å²) < 4.78 is 45.1. The highest BCUT2D eigenvalue weighted by atomic mass is 79.9. The molecule has 0 spiro atoms. The maximum atomic E-state index is 12.9. The molecule has 2 aromatic carbocycles. The topological polar surface area (TPSA) is 46.6 Å². The van der Waals surface area contributed by atoms with E-state index in [4.69, 9.17) is 4.74 Å². The van der Waals surface area contributed by atoms with E-state index in [0.717, 1.165) is 4.31 Å². The van der Waals surface area contributed by atoms with E-state index in [2.05, 4.69) is 15.9 Å². The van der Waals surface area contributed by atoms with Crippen molar-refractivity contribution in [1.82, 2.24) is 0 Å². The summed E-state index contributed by atoms with van der Waals surface area (Å²) >= 11 is 3.24. The highest BCUT2D eigenvalue weighted by molar-refractivity contribution is 9.10. The summed E-state index contributed by atoms with van der Waals surface area (Å²) in [5.74, 6) is -0.184. The van der Waals surface area contributed by atoms with Crippen LogP contribution in [0.2, 0.25) is 0 Å². The number of hydrogen-bond donors (Lipinski definition) is 0. The highest BCUT2D eigenvalue weighted by Gasteiger charge is 2.25. The maximum absolute atomic E-state index is 12.9. The third-order valence-electron chi connectivity index (χ3n) is 2.95. The van der Waals surface area contributed by atoms with Gasteiger partial charge in [0.1, 0.15) is 16.5 Å². The Hall–Kier alpha value is -1.60. The van der Waals surface area contributed by atoms with Crippen LogP contribution in [0.15, 0.2) is 51.8 Å². The van der Waals surface area contributed by atoms with Crippen molar-refractivity contribution in [3.63, 3.8) is 0 Å². The van der Waals surface area contributed by atoms with Crippen LogP contribution in [0.25, 0.3) is 0 Å². The molecule has 0 aliphatic heterocycles. The highest BCUT2D eigenvalue weighted by Crippen LogP contribution is 2.31. The molecule has 0 aliphatic rings. The van der Waals surface area contributed by atoms with Gasteiger partial charge in [-0.15, -0.1) is 0 Å². The van der Waals surface area contributed by atoms with Gasteiger partial charge in [-0.25, -0.2) is 12.8 Å². The number of rotatable bonds is 4. The van der Waals surface area contributed by atoms with Crippen molar-refractivity contribution < 1.29 is 17.5 Å². The molecule has 0 saturated heterocycles. The van der Waals surface area contributed by atoms with Crippen molar-refractivity contribution in [2.24, 2.45) is 0 Å². The van der Waals surface area contributed by atoms with Crippen LogP contribution < -0.4 is 9.04 Å². The van der Waals surface area contributed by atoms with Crippen LogP contribution in [0, 0.1) is 5.82 Å². The van der Waals surface area contributed by atoms with E-state index < -0.39 is 15.8 Å². The Labute approximate surface area is 131 Å². The molecule has 0 heterocycles. The number of hydrogen-bond acceptors (Lipinski definition) is 3. The number of anilines is 1. The number of halogens is 2. The monoisotopic (exact) mass is 373 g/mol. The van der Waals surface area contributed by atoms with E-state index in [1.807, 2.05) is 0 Å². The molecule has 0 aromatic heterocycles. The van der Waals surface area contributed by atoms with Crippen molar-refractivity contribution in [2.75, 3.05) is 18.5 Å². The maximum Gasteiger partial charge on any atom is 0.267 e. The smallest absolute Gasteiger partial charge is 0.267 e. The fraction of sp³-hybridized carbons (Fsp3) is 0.143.